The first-order valence-corrected chi connectivity index (χ1v) is 11.6. The smallest absolute Gasteiger partial charge is 0.335 e. The molecule has 0 saturated carbocycles. The number of rotatable bonds is 5. The van der Waals surface area contributed by atoms with Gasteiger partial charge in [0, 0.05) is 15.1 Å². The molecule has 8 heteroatoms. The van der Waals surface area contributed by atoms with Crippen LogP contribution >= 0.6 is 27.5 Å². The highest BCUT2D eigenvalue weighted by Crippen LogP contribution is 2.30. The van der Waals surface area contributed by atoms with E-state index in [1.807, 2.05) is 38.1 Å². The van der Waals surface area contributed by atoms with Gasteiger partial charge < -0.3 is 4.74 Å². The lowest BCUT2D eigenvalue weighted by atomic mass is 10.1. The molecule has 0 aromatic heterocycles. The number of anilines is 1. The van der Waals surface area contributed by atoms with Crippen molar-refractivity contribution >= 4 is 57.1 Å². The van der Waals surface area contributed by atoms with Gasteiger partial charge in [-0.05, 0) is 67.4 Å². The summed E-state index contributed by atoms with van der Waals surface area (Å²) in [7, 11) is 0. The molecule has 1 saturated heterocycles. The van der Waals surface area contributed by atoms with Crippen LogP contribution in [0.1, 0.15) is 22.3 Å². The maximum absolute atomic E-state index is 13.2. The van der Waals surface area contributed by atoms with E-state index in [1.165, 1.54) is 6.08 Å². The van der Waals surface area contributed by atoms with Crippen LogP contribution < -0.4 is 15.0 Å². The van der Waals surface area contributed by atoms with E-state index in [9.17, 15) is 14.4 Å². The largest absolute Gasteiger partial charge is 0.488 e. The van der Waals surface area contributed by atoms with Gasteiger partial charge in [0.1, 0.15) is 17.9 Å². The number of barbiturate groups is 1. The van der Waals surface area contributed by atoms with Gasteiger partial charge in [0.25, 0.3) is 11.8 Å². The van der Waals surface area contributed by atoms with E-state index in [-0.39, 0.29) is 5.57 Å². The van der Waals surface area contributed by atoms with Gasteiger partial charge in [-0.1, -0.05) is 57.4 Å². The summed E-state index contributed by atoms with van der Waals surface area (Å²) in [4.78, 5) is 39.3. The Morgan fingerprint density at radius 1 is 1.00 bits per heavy atom. The molecule has 4 amide bonds. The molecule has 1 fully saturated rings. The van der Waals surface area contributed by atoms with E-state index < -0.39 is 17.8 Å². The van der Waals surface area contributed by atoms with Crippen molar-refractivity contribution in [1.29, 1.82) is 0 Å². The lowest BCUT2D eigenvalue weighted by Gasteiger charge is -2.27. The molecule has 0 spiro atoms. The van der Waals surface area contributed by atoms with Gasteiger partial charge in [-0.15, -0.1) is 0 Å². The number of hydrogen-bond donors (Lipinski definition) is 1. The first-order chi connectivity index (χ1) is 16.2. The third kappa shape index (κ3) is 5.05. The van der Waals surface area contributed by atoms with Gasteiger partial charge in [-0.2, -0.15) is 0 Å². The maximum Gasteiger partial charge on any atom is 0.335 e. The minimum atomic E-state index is -0.809. The van der Waals surface area contributed by atoms with Crippen LogP contribution in [0.4, 0.5) is 10.5 Å². The van der Waals surface area contributed by atoms with Gasteiger partial charge in [0.05, 0.1) is 5.69 Å². The Balaban J connectivity index is 1.67. The predicted octanol–water partition coefficient (Wildman–Crippen LogP) is 5.96. The zero-order valence-corrected chi connectivity index (χ0v) is 20.7. The number of aryl methyl sites for hydroxylation is 2. The van der Waals surface area contributed by atoms with E-state index in [1.54, 1.807) is 36.4 Å². The van der Waals surface area contributed by atoms with Crippen LogP contribution in [0.15, 0.2) is 70.7 Å². The van der Waals surface area contributed by atoms with Crippen molar-refractivity contribution in [1.82, 2.24) is 5.32 Å². The first-order valence-electron chi connectivity index (χ1n) is 10.4. The second-order valence-corrected chi connectivity index (χ2v) is 9.14. The Bertz CT molecular complexity index is 1340. The van der Waals surface area contributed by atoms with E-state index in [0.29, 0.717) is 28.6 Å². The fourth-order valence-corrected chi connectivity index (χ4v) is 3.85. The predicted molar refractivity (Wildman–Crippen MR) is 135 cm³/mol. The number of amides is 4. The Labute approximate surface area is 210 Å². The first kappa shape index (κ1) is 23.7. The highest BCUT2D eigenvalue weighted by Gasteiger charge is 2.37. The minimum Gasteiger partial charge on any atom is -0.488 e. The summed E-state index contributed by atoms with van der Waals surface area (Å²) < 4.78 is 6.80. The number of halogens is 2. The lowest BCUT2D eigenvalue weighted by molar-refractivity contribution is -0.122. The fourth-order valence-electron chi connectivity index (χ4n) is 3.42. The van der Waals surface area contributed by atoms with Crippen LogP contribution in [0, 0.1) is 13.8 Å². The molecule has 0 unspecified atom stereocenters. The van der Waals surface area contributed by atoms with Gasteiger partial charge in [0.2, 0.25) is 0 Å². The molecular weight excluding hydrogens is 520 g/mol. The molecule has 3 aromatic rings. The number of carbonyl (C=O) groups is 3. The summed E-state index contributed by atoms with van der Waals surface area (Å²) in [6.07, 6.45) is 1.39. The topological polar surface area (TPSA) is 75.7 Å². The molecule has 0 aliphatic carbocycles. The number of carbonyl (C=O) groups excluding carboxylic acids is 3. The summed E-state index contributed by atoms with van der Waals surface area (Å²) in [6.45, 7) is 4.14. The summed E-state index contributed by atoms with van der Waals surface area (Å²) >= 11 is 9.59. The molecule has 1 aliphatic rings. The zero-order valence-electron chi connectivity index (χ0n) is 18.4. The summed E-state index contributed by atoms with van der Waals surface area (Å²) in [5, 5.41) is 2.65. The molecule has 6 nitrogen and oxygen atoms in total. The molecule has 1 heterocycles. The third-order valence-electron chi connectivity index (χ3n) is 5.29. The number of nitrogens with one attached hydrogen (secondary N) is 1. The molecule has 4 rings (SSSR count). The monoisotopic (exact) mass is 538 g/mol. The van der Waals surface area contributed by atoms with Crippen molar-refractivity contribution in [3.05, 3.63) is 98.0 Å². The van der Waals surface area contributed by atoms with Crippen LogP contribution in [-0.4, -0.2) is 17.8 Å². The summed E-state index contributed by atoms with van der Waals surface area (Å²) in [5.74, 6) is -1.08. The number of hydrogen-bond acceptors (Lipinski definition) is 4. The Morgan fingerprint density at radius 3 is 2.44 bits per heavy atom. The molecule has 172 valence electrons. The summed E-state index contributed by atoms with van der Waals surface area (Å²) in [5.41, 5.74) is 3.53. The Hall–Kier alpha value is -3.42. The number of urea groups is 1. The third-order valence-corrected chi connectivity index (χ3v) is 6.41. The highest BCUT2D eigenvalue weighted by atomic mass is 79.9. The van der Waals surface area contributed by atoms with Crippen LogP contribution in [0.5, 0.6) is 5.75 Å². The van der Waals surface area contributed by atoms with Crippen LogP contribution in [0.25, 0.3) is 6.08 Å². The average Bonchev–Trinajstić information content (AvgIpc) is 2.79. The van der Waals surface area contributed by atoms with Crippen molar-refractivity contribution < 1.29 is 19.1 Å². The van der Waals surface area contributed by atoms with Gasteiger partial charge >= 0.3 is 6.03 Å². The molecule has 1 N–H and O–H groups in total. The minimum absolute atomic E-state index is 0.206. The van der Waals surface area contributed by atoms with Crippen LogP contribution in [0.3, 0.4) is 0 Å². The molecular formula is C26H20BrClN2O4. The van der Waals surface area contributed by atoms with E-state index in [2.05, 4.69) is 21.2 Å². The lowest BCUT2D eigenvalue weighted by Crippen LogP contribution is -2.54. The average molecular weight is 540 g/mol. The number of ether oxygens (including phenoxy) is 1. The van der Waals surface area contributed by atoms with Gasteiger partial charge in [-0.3, -0.25) is 14.9 Å². The second-order valence-electron chi connectivity index (χ2n) is 7.85. The van der Waals surface area contributed by atoms with Crippen molar-refractivity contribution in [2.24, 2.45) is 0 Å². The molecule has 0 atom stereocenters. The van der Waals surface area contributed by atoms with Crippen molar-refractivity contribution in [3.8, 4) is 5.75 Å². The molecule has 3 aromatic carbocycles. The Kier molecular flexibility index (Phi) is 6.86. The molecule has 1 aliphatic heterocycles. The van der Waals surface area contributed by atoms with Crippen LogP contribution in [-0.2, 0) is 16.2 Å². The fraction of sp³-hybridized carbons (Fsp3) is 0.115. The normalized spacial score (nSPS) is 15.0. The van der Waals surface area contributed by atoms with Gasteiger partial charge in [0.15, 0.2) is 0 Å². The number of nitrogens with zero attached hydrogens (tertiary/aromatic N) is 1. The van der Waals surface area contributed by atoms with E-state index in [0.717, 1.165) is 26.1 Å². The van der Waals surface area contributed by atoms with Gasteiger partial charge in [-0.25, -0.2) is 9.69 Å². The van der Waals surface area contributed by atoms with E-state index in [4.69, 9.17) is 16.3 Å². The standard InChI is InChI=1S/C26H20BrClN2O4/c1-15-3-5-17(6-4-15)14-34-23-10-7-19(28)12-18(23)13-21-24(31)29-26(33)30(25(21)32)20-8-9-22(27)16(2)11-20/h3-13H,14H2,1-2H3,(H,29,31,33)/b21-13-. The quantitative estimate of drug-likeness (QED) is 0.320. The SMILES string of the molecule is Cc1ccc(COc2ccc(Cl)cc2/C=C2/C(=O)NC(=O)N(c3ccc(Br)c(C)c3)C2=O)cc1. The molecule has 34 heavy (non-hydrogen) atoms. The number of benzene rings is 3. The van der Waals surface area contributed by atoms with E-state index >= 15 is 0 Å². The Morgan fingerprint density at radius 2 is 1.74 bits per heavy atom. The van der Waals surface area contributed by atoms with Crippen LogP contribution in [0.2, 0.25) is 5.02 Å². The number of imide groups is 2. The second kappa shape index (κ2) is 9.83. The van der Waals surface area contributed by atoms with Crippen molar-refractivity contribution in [2.45, 2.75) is 20.5 Å². The van der Waals surface area contributed by atoms with Crippen molar-refractivity contribution in [2.75, 3.05) is 4.90 Å². The summed E-state index contributed by atoms with van der Waals surface area (Å²) in [6, 6.07) is 17.1. The maximum atomic E-state index is 13.2. The molecule has 0 bridgehead atoms. The zero-order chi connectivity index (χ0) is 24.4. The molecule has 0 radical (unpaired) electrons. The van der Waals surface area contributed by atoms with Crippen molar-refractivity contribution in [3.63, 3.8) is 0 Å². The highest BCUT2D eigenvalue weighted by molar-refractivity contribution is 9.10.